The minimum Gasteiger partial charge on any atom is -0.384 e. The number of aliphatic hydroxyl groups is 1. The summed E-state index contributed by atoms with van der Waals surface area (Å²) < 4.78 is 13.3. The van der Waals surface area contributed by atoms with E-state index < -0.39 is 0 Å². The predicted molar refractivity (Wildman–Crippen MR) is 78.6 cm³/mol. The maximum Gasteiger partial charge on any atom is 0.124 e. The van der Waals surface area contributed by atoms with Gasteiger partial charge in [0.1, 0.15) is 12.4 Å². The monoisotopic (exact) mass is 275 g/mol. The van der Waals surface area contributed by atoms with Gasteiger partial charge in [-0.15, -0.1) is 0 Å². The van der Waals surface area contributed by atoms with Crippen LogP contribution in [0.4, 0.5) is 4.39 Å². The zero-order chi connectivity index (χ0) is 14.5. The molecule has 3 heteroatoms. The zero-order valence-corrected chi connectivity index (χ0v) is 12.2. The van der Waals surface area contributed by atoms with Crippen molar-refractivity contribution in [3.8, 4) is 11.8 Å². The molecule has 0 heterocycles. The van der Waals surface area contributed by atoms with E-state index in [0.29, 0.717) is 11.6 Å². The van der Waals surface area contributed by atoms with Gasteiger partial charge in [0.2, 0.25) is 0 Å². The van der Waals surface area contributed by atoms with Gasteiger partial charge in [-0.3, -0.25) is 4.90 Å². The van der Waals surface area contributed by atoms with Gasteiger partial charge in [0.25, 0.3) is 0 Å². The van der Waals surface area contributed by atoms with Crippen LogP contribution in [0, 0.1) is 23.6 Å². The Labute approximate surface area is 120 Å². The van der Waals surface area contributed by atoms with Gasteiger partial charge in [-0.05, 0) is 50.3 Å². The lowest BCUT2D eigenvalue weighted by Gasteiger charge is -2.27. The molecule has 0 radical (unpaired) electrons. The lowest BCUT2D eigenvalue weighted by Crippen LogP contribution is -2.32. The van der Waals surface area contributed by atoms with Crippen molar-refractivity contribution >= 4 is 0 Å². The standard InChI is InChI=1S/C17H22FNO/c1-13(2)19(11-14-5-6-14)12-16-7-8-17(18)10-15(16)4-3-9-20/h7-8,10,13-14,20H,5-6,9,11-12H2,1-2H3. The summed E-state index contributed by atoms with van der Waals surface area (Å²) in [4.78, 5) is 2.41. The number of aliphatic hydroxyl groups excluding tert-OH is 1. The van der Waals surface area contributed by atoms with E-state index in [0.717, 1.165) is 24.6 Å². The van der Waals surface area contributed by atoms with E-state index in [9.17, 15) is 4.39 Å². The SMILES string of the molecule is CC(C)N(Cc1ccc(F)cc1C#CCO)CC1CC1. The molecule has 0 unspecified atom stereocenters. The maximum absolute atomic E-state index is 13.3. The molecule has 0 saturated heterocycles. The Morgan fingerprint density at radius 3 is 2.75 bits per heavy atom. The summed E-state index contributed by atoms with van der Waals surface area (Å²) in [7, 11) is 0. The number of hydrogen-bond acceptors (Lipinski definition) is 2. The number of rotatable bonds is 5. The highest BCUT2D eigenvalue weighted by Gasteiger charge is 2.25. The van der Waals surface area contributed by atoms with Gasteiger partial charge >= 0.3 is 0 Å². The van der Waals surface area contributed by atoms with Gasteiger partial charge in [-0.2, -0.15) is 0 Å². The Morgan fingerprint density at radius 1 is 1.40 bits per heavy atom. The van der Waals surface area contributed by atoms with Gasteiger partial charge in [0.15, 0.2) is 0 Å². The van der Waals surface area contributed by atoms with Crippen LogP contribution in [0.15, 0.2) is 18.2 Å². The van der Waals surface area contributed by atoms with E-state index in [-0.39, 0.29) is 12.4 Å². The van der Waals surface area contributed by atoms with Gasteiger partial charge in [-0.1, -0.05) is 17.9 Å². The van der Waals surface area contributed by atoms with E-state index in [1.54, 1.807) is 6.07 Å². The van der Waals surface area contributed by atoms with Crippen LogP contribution in [0.5, 0.6) is 0 Å². The Balaban J connectivity index is 2.16. The van der Waals surface area contributed by atoms with E-state index in [4.69, 9.17) is 5.11 Å². The zero-order valence-electron chi connectivity index (χ0n) is 12.2. The summed E-state index contributed by atoms with van der Waals surface area (Å²) >= 11 is 0. The van der Waals surface area contributed by atoms with Crippen molar-refractivity contribution < 1.29 is 9.50 Å². The van der Waals surface area contributed by atoms with Crippen molar-refractivity contribution in [3.05, 3.63) is 35.1 Å². The molecular weight excluding hydrogens is 253 g/mol. The molecule has 108 valence electrons. The normalized spacial score (nSPS) is 14.5. The van der Waals surface area contributed by atoms with Crippen LogP contribution in [0.2, 0.25) is 0 Å². The summed E-state index contributed by atoms with van der Waals surface area (Å²) in [6.45, 7) is 6.05. The third kappa shape index (κ3) is 4.33. The minimum absolute atomic E-state index is 0.202. The van der Waals surface area contributed by atoms with Gasteiger partial charge in [0, 0.05) is 24.7 Å². The maximum atomic E-state index is 13.3. The van der Waals surface area contributed by atoms with Crippen molar-refractivity contribution in [2.45, 2.75) is 39.3 Å². The first-order valence-electron chi connectivity index (χ1n) is 7.22. The summed E-state index contributed by atoms with van der Waals surface area (Å²) in [6, 6.07) is 5.20. The molecule has 0 atom stereocenters. The Morgan fingerprint density at radius 2 is 2.15 bits per heavy atom. The molecule has 0 spiro atoms. The fourth-order valence-electron chi connectivity index (χ4n) is 2.25. The molecule has 0 bridgehead atoms. The van der Waals surface area contributed by atoms with Crippen LogP contribution in [-0.4, -0.2) is 29.2 Å². The first kappa shape index (κ1) is 15.0. The average molecular weight is 275 g/mol. The molecule has 0 aromatic heterocycles. The van der Waals surface area contributed by atoms with E-state index in [2.05, 4.69) is 30.6 Å². The van der Waals surface area contributed by atoms with Crippen LogP contribution < -0.4 is 0 Å². The number of nitrogens with zero attached hydrogens (tertiary/aromatic N) is 1. The minimum atomic E-state index is -0.283. The van der Waals surface area contributed by atoms with E-state index >= 15 is 0 Å². The van der Waals surface area contributed by atoms with Crippen LogP contribution in [0.25, 0.3) is 0 Å². The topological polar surface area (TPSA) is 23.5 Å². The smallest absolute Gasteiger partial charge is 0.124 e. The highest BCUT2D eigenvalue weighted by molar-refractivity contribution is 5.41. The first-order chi connectivity index (χ1) is 9.60. The van der Waals surface area contributed by atoms with E-state index in [1.807, 2.05) is 0 Å². The Bertz CT molecular complexity index is 511. The van der Waals surface area contributed by atoms with Crippen LogP contribution >= 0.6 is 0 Å². The molecule has 0 amide bonds. The number of benzene rings is 1. The molecule has 1 N–H and O–H groups in total. The van der Waals surface area contributed by atoms with Crippen molar-refractivity contribution in [1.82, 2.24) is 4.90 Å². The third-order valence-electron chi connectivity index (χ3n) is 3.67. The van der Waals surface area contributed by atoms with Gasteiger partial charge < -0.3 is 5.11 Å². The fourth-order valence-corrected chi connectivity index (χ4v) is 2.25. The molecule has 2 nitrogen and oxygen atoms in total. The van der Waals surface area contributed by atoms with Crippen LogP contribution in [0.3, 0.4) is 0 Å². The second-order valence-electron chi connectivity index (χ2n) is 5.73. The Kier molecular flexibility index (Phi) is 5.17. The number of hydrogen-bond donors (Lipinski definition) is 1. The highest BCUT2D eigenvalue weighted by atomic mass is 19.1. The highest BCUT2D eigenvalue weighted by Crippen LogP contribution is 2.31. The fraction of sp³-hybridized carbons (Fsp3) is 0.529. The molecule has 1 aliphatic rings. The molecule has 1 aliphatic carbocycles. The van der Waals surface area contributed by atoms with Crippen LogP contribution in [0.1, 0.15) is 37.8 Å². The van der Waals surface area contributed by atoms with E-state index in [1.165, 1.54) is 25.0 Å². The van der Waals surface area contributed by atoms with Gasteiger partial charge in [0.05, 0.1) is 0 Å². The van der Waals surface area contributed by atoms with Crippen molar-refractivity contribution in [3.63, 3.8) is 0 Å². The number of halogens is 1. The molecule has 1 saturated carbocycles. The molecule has 20 heavy (non-hydrogen) atoms. The van der Waals surface area contributed by atoms with Crippen molar-refractivity contribution in [2.24, 2.45) is 5.92 Å². The quantitative estimate of drug-likeness (QED) is 0.835. The van der Waals surface area contributed by atoms with Crippen molar-refractivity contribution in [2.75, 3.05) is 13.2 Å². The van der Waals surface area contributed by atoms with Gasteiger partial charge in [-0.25, -0.2) is 4.39 Å². The van der Waals surface area contributed by atoms with Crippen LogP contribution in [-0.2, 0) is 6.54 Å². The summed E-state index contributed by atoms with van der Waals surface area (Å²) in [6.07, 6.45) is 2.65. The summed E-state index contributed by atoms with van der Waals surface area (Å²) in [5, 5.41) is 8.81. The second-order valence-corrected chi connectivity index (χ2v) is 5.73. The molecule has 1 aromatic rings. The lowest BCUT2D eigenvalue weighted by atomic mass is 10.1. The molecule has 1 aromatic carbocycles. The van der Waals surface area contributed by atoms with Crippen molar-refractivity contribution in [1.29, 1.82) is 0 Å². The second kappa shape index (κ2) is 6.88. The lowest BCUT2D eigenvalue weighted by molar-refractivity contribution is 0.203. The first-order valence-corrected chi connectivity index (χ1v) is 7.22. The Hall–Kier alpha value is -1.37. The molecule has 1 fully saturated rings. The third-order valence-corrected chi connectivity index (χ3v) is 3.67. The largest absolute Gasteiger partial charge is 0.384 e. The molecule has 0 aliphatic heterocycles. The molecule has 2 rings (SSSR count). The molecular formula is C17H22FNO. The predicted octanol–water partition coefficient (Wildman–Crippen LogP) is 2.79. The summed E-state index contributed by atoms with van der Waals surface area (Å²) in [5.41, 5.74) is 1.71. The average Bonchev–Trinajstić information content (AvgIpc) is 3.21. The summed E-state index contributed by atoms with van der Waals surface area (Å²) in [5.74, 6) is 6.00.